The molecule has 0 aliphatic rings. The number of hydrogen-bond donors (Lipinski definition) is 1. The first-order chi connectivity index (χ1) is 14.0. The van der Waals surface area contributed by atoms with Crippen LogP contribution in [0.1, 0.15) is 16.6 Å². The molecule has 0 bridgehead atoms. The molecule has 1 unspecified atom stereocenters. The fourth-order valence-electron chi connectivity index (χ4n) is 2.54. The number of allylic oxidation sites excluding steroid dienone is 1. The Morgan fingerprint density at radius 1 is 1.24 bits per heavy atom. The van der Waals surface area contributed by atoms with E-state index >= 15 is 0 Å². The molecule has 0 saturated heterocycles. The molecule has 3 aromatic rings. The van der Waals surface area contributed by atoms with Crippen molar-refractivity contribution in [1.82, 2.24) is 14.8 Å². The fourth-order valence-corrected chi connectivity index (χ4v) is 3.68. The maximum Gasteiger partial charge on any atom is 0.235 e. The topological polar surface area (TPSA) is 83.0 Å². The summed E-state index contributed by atoms with van der Waals surface area (Å²) in [6.45, 7) is 4.34. The van der Waals surface area contributed by atoms with Crippen LogP contribution in [-0.4, -0.2) is 20.7 Å². The number of aromatic nitrogens is 3. The van der Waals surface area contributed by atoms with Crippen molar-refractivity contribution in [2.24, 2.45) is 5.73 Å². The van der Waals surface area contributed by atoms with E-state index in [0.717, 1.165) is 11.8 Å². The van der Waals surface area contributed by atoms with Crippen LogP contribution in [0.15, 0.2) is 66.3 Å². The maximum atomic E-state index is 13.2. The van der Waals surface area contributed by atoms with Gasteiger partial charge in [0.2, 0.25) is 5.91 Å². The summed E-state index contributed by atoms with van der Waals surface area (Å²) in [5.74, 6) is 0.245. The second kappa shape index (κ2) is 9.58. The molecule has 1 amide bonds. The van der Waals surface area contributed by atoms with E-state index in [4.69, 9.17) is 22.1 Å². The van der Waals surface area contributed by atoms with Gasteiger partial charge >= 0.3 is 0 Å². The molecule has 1 atom stereocenters. The van der Waals surface area contributed by atoms with Crippen molar-refractivity contribution in [3.8, 4) is 5.75 Å². The zero-order valence-electron chi connectivity index (χ0n) is 15.3. The van der Waals surface area contributed by atoms with Crippen molar-refractivity contribution in [1.29, 1.82) is 0 Å². The summed E-state index contributed by atoms with van der Waals surface area (Å²) in [6.07, 6.45) is 1.69. The van der Waals surface area contributed by atoms with Crippen LogP contribution in [0.4, 0.5) is 4.39 Å². The molecule has 2 aromatic carbocycles. The number of carbonyl (C=O) groups excluding carboxylic acids is 1. The van der Waals surface area contributed by atoms with Crippen molar-refractivity contribution >= 4 is 29.3 Å². The Hall–Kier alpha value is -2.84. The summed E-state index contributed by atoms with van der Waals surface area (Å²) < 4.78 is 20.7. The molecule has 2 N–H and O–H groups in total. The lowest BCUT2D eigenvalue weighted by Crippen LogP contribution is -2.19. The third-order valence-corrected chi connectivity index (χ3v) is 5.45. The minimum absolute atomic E-state index is 0.167. The summed E-state index contributed by atoms with van der Waals surface area (Å²) in [7, 11) is 0. The van der Waals surface area contributed by atoms with Gasteiger partial charge in [-0.15, -0.1) is 16.8 Å². The highest BCUT2D eigenvalue weighted by molar-refractivity contribution is 8.00. The molecule has 6 nitrogen and oxygen atoms in total. The number of rotatable bonds is 9. The van der Waals surface area contributed by atoms with E-state index in [0.29, 0.717) is 33.9 Å². The third kappa shape index (κ3) is 5.36. The Morgan fingerprint density at radius 2 is 1.93 bits per heavy atom. The Balaban J connectivity index is 1.80. The molecule has 3 rings (SSSR count). The Labute approximate surface area is 176 Å². The minimum Gasteiger partial charge on any atom is -0.486 e. The molecule has 9 heteroatoms. The van der Waals surface area contributed by atoms with Crippen molar-refractivity contribution in [2.45, 2.75) is 23.6 Å². The average Bonchev–Trinajstić information content (AvgIpc) is 3.08. The number of amides is 1. The normalized spacial score (nSPS) is 11.8. The maximum absolute atomic E-state index is 13.2. The number of nitrogens with two attached hydrogens (primary N) is 1. The lowest BCUT2D eigenvalue weighted by atomic mass is 10.1. The summed E-state index contributed by atoms with van der Waals surface area (Å²) >= 11 is 7.02. The second-order valence-electron chi connectivity index (χ2n) is 5.99. The Morgan fingerprint density at radius 3 is 2.55 bits per heavy atom. The van der Waals surface area contributed by atoms with Crippen LogP contribution in [0.2, 0.25) is 5.02 Å². The highest BCUT2D eigenvalue weighted by Crippen LogP contribution is 2.34. The summed E-state index contributed by atoms with van der Waals surface area (Å²) in [4.78, 5) is 12.0. The van der Waals surface area contributed by atoms with Crippen molar-refractivity contribution in [3.63, 3.8) is 0 Å². The van der Waals surface area contributed by atoms with Gasteiger partial charge in [-0.05, 0) is 42.0 Å². The highest BCUT2D eigenvalue weighted by atomic mass is 35.5. The van der Waals surface area contributed by atoms with Crippen molar-refractivity contribution in [2.75, 3.05) is 0 Å². The van der Waals surface area contributed by atoms with Crippen LogP contribution in [0, 0.1) is 5.82 Å². The second-order valence-corrected chi connectivity index (χ2v) is 7.50. The van der Waals surface area contributed by atoms with Crippen LogP contribution < -0.4 is 10.5 Å². The number of carbonyl (C=O) groups is 1. The van der Waals surface area contributed by atoms with E-state index in [-0.39, 0.29) is 6.61 Å². The quantitative estimate of drug-likeness (QED) is 0.405. The van der Waals surface area contributed by atoms with Crippen molar-refractivity contribution in [3.05, 3.63) is 83.4 Å². The first-order valence-electron chi connectivity index (χ1n) is 8.60. The molecular weight excluding hydrogens is 415 g/mol. The monoisotopic (exact) mass is 432 g/mol. The van der Waals surface area contributed by atoms with Gasteiger partial charge in [-0.2, -0.15) is 0 Å². The predicted molar refractivity (Wildman–Crippen MR) is 110 cm³/mol. The lowest BCUT2D eigenvalue weighted by molar-refractivity contribution is -0.117. The van der Waals surface area contributed by atoms with Gasteiger partial charge in [0.05, 0.1) is 0 Å². The molecule has 150 valence electrons. The molecule has 0 radical (unpaired) electrons. The molecule has 0 saturated carbocycles. The molecule has 0 aliphatic carbocycles. The predicted octanol–water partition coefficient (Wildman–Crippen LogP) is 4.15. The van der Waals surface area contributed by atoms with Gasteiger partial charge in [-0.1, -0.05) is 41.6 Å². The van der Waals surface area contributed by atoms with Gasteiger partial charge in [0.15, 0.2) is 11.0 Å². The Kier molecular flexibility index (Phi) is 6.90. The average molecular weight is 433 g/mol. The van der Waals surface area contributed by atoms with Gasteiger partial charge in [0.1, 0.15) is 23.4 Å². The number of ether oxygens (including phenoxy) is 1. The van der Waals surface area contributed by atoms with E-state index in [2.05, 4.69) is 16.8 Å². The van der Waals surface area contributed by atoms with Crippen molar-refractivity contribution < 1.29 is 13.9 Å². The molecule has 29 heavy (non-hydrogen) atoms. The van der Waals surface area contributed by atoms with Crippen LogP contribution in [0.3, 0.4) is 0 Å². The Bertz CT molecular complexity index is 993. The summed E-state index contributed by atoms with van der Waals surface area (Å²) in [6, 6.07) is 12.6. The van der Waals surface area contributed by atoms with E-state index in [1.807, 2.05) is 0 Å². The molecule has 1 aromatic heterocycles. The first-order valence-corrected chi connectivity index (χ1v) is 9.86. The van der Waals surface area contributed by atoms with Gasteiger partial charge in [-0.3, -0.25) is 9.36 Å². The molecular formula is C20H18ClFN4O2S. The summed E-state index contributed by atoms with van der Waals surface area (Å²) in [5, 5.41) is 8.69. The summed E-state index contributed by atoms with van der Waals surface area (Å²) in [5.41, 5.74) is 6.15. The third-order valence-electron chi connectivity index (χ3n) is 3.94. The highest BCUT2D eigenvalue weighted by Gasteiger charge is 2.24. The van der Waals surface area contributed by atoms with Crippen LogP contribution >= 0.6 is 23.4 Å². The van der Waals surface area contributed by atoms with Crippen LogP contribution in [0.25, 0.3) is 0 Å². The molecule has 0 aliphatic heterocycles. The van der Waals surface area contributed by atoms with E-state index in [1.54, 1.807) is 34.9 Å². The van der Waals surface area contributed by atoms with E-state index < -0.39 is 17.0 Å². The van der Waals surface area contributed by atoms with E-state index in [9.17, 15) is 9.18 Å². The number of halogens is 2. The standard InChI is InChI=1S/C20H18ClFN4O2S/c1-2-11-26-17(12-28-16-9-5-14(21)6-10-16)24-25-20(26)29-18(19(23)27)13-3-7-15(22)8-4-13/h2-10,18H,1,11-12H2,(H2,23,27). The molecule has 0 fully saturated rings. The number of primary amides is 1. The van der Waals surface area contributed by atoms with Gasteiger partial charge in [-0.25, -0.2) is 4.39 Å². The number of hydrogen-bond acceptors (Lipinski definition) is 5. The largest absolute Gasteiger partial charge is 0.486 e. The number of nitrogens with zero attached hydrogens (tertiary/aromatic N) is 3. The fraction of sp³-hybridized carbons (Fsp3) is 0.150. The zero-order valence-corrected chi connectivity index (χ0v) is 16.9. The zero-order chi connectivity index (χ0) is 20.8. The minimum atomic E-state index is -0.742. The van der Waals surface area contributed by atoms with Crippen LogP contribution in [0.5, 0.6) is 5.75 Å². The van der Waals surface area contributed by atoms with Gasteiger partial charge in [0.25, 0.3) is 0 Å². The molecule has 1 heterocycles. The van der Waals surface area contributed by atoms with E-state index in [1.165, 1.54) is 24.3 Å². The first kappa shape index (κ1) is 20.9. The SMILES string of the molecule is C=CCn1c(COc2ccc(Cl)cc2)nnc1SC(C(N)=O)c1ccc(F)cc1. The van der Waals surface area contributed by atoms with Crippen LogP contribution in [-0.2, 0) is 17.9 Å². The number of benzene rings is 2. The molecule has 0 spiro atoms. The lowest BCUT2D eigenvalue weighted by Gasteiger charge is -2.14. The van der Waals surface area contributed by atoms with Gasteiger partial charge in [0, 0.05) is 11.6 Å². The van der Waals surface area contributed by atoms with Gasteiger partial charge < -0.3 is 10.5 Å². The number of thioether (sulfide) groups is 1. The smallest absolute Gasteiger partial charge is 0.235 e.